The third kappa shape index (κ3) is 3.93. The van der Waals surface area contributed by atoms with E-state index >= 15 is 0 Å². The molecule has 0 radical (unpaired) electrons. The summed E-state index contributed by atoms with van der Waals surface area (Å²) in [5, 5.41) is 4.16. The van der Waals surface area contributed by atoms with E-state index in [0.29, 0.717) is 22.0 Å². The number of thioether (sulfide) groups is 1. The summed E-state index contributed by atoms with van der Waals surface area (Å²) in [4.78, 5) is 31.3. The van der Waals surface area contributed by atoms with Crippen molar-refractivity contribution < 1.29 is 4.79 Å². The molecule has 0 spiro atoms. The van der Waals surface area contributed by atoms with Crippen LogP contribution in [0.3, 0.4) is 0 Å². The standard InChI is InChI=1S/C17H21N3O2S/c1-11-6-2-4-8-13(11)18-15(21)10-23-17-19-14-9-5-3-7-12(14)16(22)20-17/h3,5,7,9,11,13H,2,4,6,8,10H2,1H3,(H,18,21)(H,19,20,22)/t11-,13+/m0/s1. The summed E-state index contributed by atoms with van der Waals surface area (Å²) in [6.07, 6.45) is 4.67. The molecule has 2 N–H and O–H groups in total. The molecule has 1 aromatic carbocycles. The number of aromatic nitrogens is 2. The number of fused-ring (bicyclic) bond motifs is 1. The second-order valence-electron chi connectivity index (χ2n) is 6.11. The number of benzene rings is 1. The zero-order valence-electron chi connectivity index (χ0n) is 13.2. The maximum atomic E-state index is 12.1. The largest absolute Gasteiger partial charge is 0.352 e. The second-order valence-corrected chi connectivity index (χ2v) is 7.08. The molecular formula is C17H21N3O2S. The van der Waals surface area contributed by atoms with Crippen molar-refractivity contribution in [3.8, 4) is 0 Å². The summed E-state index contributed by atoms with van der Waals surface area (Å²) < 4.78 is 0. The highest BCUT2D eigenvalue weighted by molar-refractivity contribution is 7.99. The van der Waals surface area contributed by atoms with Gasteiger partial charge in [0, 0.05) is 6.04 Å². The van der Waals surface area contributed by atoms with E-state index in [9.17, 15) is 9.59 Å². The average Bonchev–Trinajstić information content (AvgIpc) is 2.55. The summed E-state index contributed by atoms with van der Waals surface area (Å²) in [6, 6.07) is 7.48. The van der Waals surface area contributed by atoms with Crippen molar-refractivity contribution in [2.45, 2.75) is 43.8 Å². The zero-order valence-corrected chi connectivity index (χ0v) is 14.0. The number of carbonyl (C=O) groups is 1. The Morgan fingerprint density at radius 1 is 1.35 bits per heavy atom. The quantitative estimate of drug-likeness (QED) is 0.667. The first kappa shape index (κ1) is 16.1. The maximum Gasteiger partial charge on any atom is 0.259 e. The van der Waals surface area contributed by atoms with E-state index in [4.69, 9.17) is 0 Å². The number of carbonyl (C=O) groups excluding carboxylic acids is 1. The topological polar surface area (TPSA) is 74.8 Å². The van der Waals surface area contributed by atoms with Crippen LogP contribution < -0.4 is 10.9 Å². The number of rotatable bonds is 4. The summed E-state index contributed by atoms with van der Waals surface area (Å²) >= 11 is 1.27. The first-order valence-electron chi connectivity index (χ1n) is 8.05. The molecule has 0 bridgehead atoms. The monoisotopic (exact) mass is 331 g/mol. The Morgan fingerprint density at radius 3 is 2.96 bits per heavy atom. The molecule has 2 aromatic rings. The molecule has 2 atom stereocenters. The van der Waals surface area contributed by atoms with Gasteiger partial charge in [0.1, 0.15) is 0 Å². The fraction of sp³-hybridized carbons (Fsp3) is 0.471. The SMILES string of the molecule is C[C@H]1CCCC[C@H]1NC(=O)CSc1nc2ccccc2c(=O)[nH]1. The van der Waals surface area contributed by atoms with E-state index in [1.807, 2.05) is 12.1 Å². The Hall–Kier alpha value is -1.82. The van der Waals surface area contributed by atoms with Gasteiger partial charge in [-0.25, -0.2) is 4.98 Å². The molecule has 0 saturated heterocycles. The first-order valence-corrected chi connectivity index (χ1v) is 9.03. The number of nitrogens with zero attached hydrogens (tertiary/aromatic N) is 1. The first-order chi connectivity index (χ1) is 11.1. The van der Waals surface area contributed by atoms with E-state index in [1.165, 1.54) is 31.0 Å². The molecule has 0 aliphatic heterocycles. The minimum Gasteiger partial charge on any atom is -0.352 e. The van der Waals surface area contributed by atoms with Gasteiger partial charge in [-0.1, -0.05) is 43.7 Å². The summed E-state index contributed by atoms with van der Waals surface area (Å²) in [5.74, 6) is 0.811. The van der Waals surface area contributed by atoms with Gasteiger partial charge in [-0.15, -0.1) is 0 Å². The Balaban J connectivity index is 1.61. The second kappa shape index (κ2) is 7.17. The Bertz CT molecular complexity index is 759. The number of H-pyrrole nitrogens is 1. The Morgan fingerprint density at radius 2 is 2.13 bits per heavy atom. The van der Waals surface area contributed by atoms with Crippen LogP contribution in [0.15, 0.2) is 34.2 Å². The lowest BCUT2D eigenvalue weighted by atomic mass is 9.86. The van der Waals surface area contributed by atoms with Gasteiger partial charge in [-0.05, 0) is 30.9 Å². The molecule has 1 aromatic heterocycles. The summed E-state index contributed by atoms with van der Waals surface area (Å²) in [6.45, 7) is 2.19. The molecule has 1 aliphatic carbocycles. The van der Waals surface area contributed by atoms with Gasteiger partial charge in [-0.3, -0.25) is 9.59 Å². The highest BCUT2D eigenvalue weighted by atomic mass is 32.2. The van der Waals surface area contributed by atoms with Gasteiger partial charge < -0.3 is 10.3 Å². The van der Waals surface area contributed by atoms with Gasteiger partial charge in [0.15, 0.2) is 5.16 Å². The average molecular weight is 331 g/mol. The molecule has 1 fully saturated rings. The smallest absolute Gasteiger partial charge is 0.259 e. The van der Waals surface area contributed by atoms with Crippen LogP contribution in [0.1, 0.15) is 32.6 Å². The predicted octanol–water partition coefficient (Wildman–Crippen LogP) is 2.71. The fourth-order valence-corrected chi connectivity index (χ4v) is 3.73. The fourth-order valence-electron chi connectivity index (χ4n) is 3.05. The third-order valence-corrected chi connectivity index (χ3v) is 5.26. The highest BCUT2D eigenvalue weighted by Crippen LogP contribution is 2.24. The van der Waals surface area contributed by atoms with Crippen molar-refractivity contribution in [1.82, 2.24) is 15.3 Å². The van der Waals surface area contributed by atoms with Crippen LogP contribution >= 0.6 is 11.8 Å². The lowest BCUT2D eigenvalue weighted by molar-refractivity contribution is -0.119. The molecule has 1 aliphatic rings. The molecule has 1 amide bonds. The molecule has 6 heteroatoms. The predicted molar refractivity (Wildman–Crippen MR) is 92.7 cm³/mol. The number of nitrogens with one attached hydrogen (secondary N) is 2. The van der Waals surface area contributed by atoms with Crippen molar-refractivity contribution in [2.75, 3.05) is 5.75 Å². The Labute approximate surface area is 139 Å². The van der Waals surface area contributed by atoms with Crippen molar-refractivity contribution >= 4 is 28.6 Å². The van der Waals surface area contributed by atoms with E-state index < -0.39 is 0 Å². The van der Waals surface area contributed by atoms with Gasteiger partial charge in [0.05, 0.1) is 16.7 Å². The van der Waals surface area contributed by atoms with E-state index in [0.717, 1.165) is 6.42 Å². The van der Waals surface area contributed by atoms with Gasteiger partial charge in [0.2, 0.25) is 5.91 Å². The van der Waals surface area contributed by atoms with Crippen LogP contribution in [0.25, 0.3) is 10.9 Å². The van der Waals surface area contributed by atoms with Crippen LogP contribution in [0.5, 0.6) is 0 Å². The van der Waals surface area contributed by atoms with Crippen LogP contribution in [0, 0.1) is 5.92 Å². The molecule has 0 unspecified atom stereocenters. The van der Waals surface area contributed by atoms with E-state index in [1.54, 1.807) is 12.1 Å². The summed E-state index contributed by atoms with van der Waals surface area (Å²) in [5.41, 5.74) is 0.486. The van der Waals surface area contributed by atoms with Crippen molar-refractivity contribution in [2.24, 2.45) is 5.92 Å². The molecule has 3 rings (SSSR count). The van der Waals surface area contributed by atoms with Crippen LogP contribution in [-0.2, 0) is 4.79 Å². The third-order valence-electron chi connectivity index (χ3n) is 4.39. The van der Waals surface area contributed by atoms with Gasteiger partial charge in [-0.2, -0.15) is 0 Å². The lowest BCUT2D eigenvalue weighted by Crippen LogP contribution is -2.41. The van der Waals surface area contributed by atoms with Crippen molar-refractivity contribution in [1.29, 1.82) is 0 Å². The number of aromatic amines is 1. The highest BCUT2D eigenvalue weighted by Gasteiger charge is 2.22. The van der Waals surface area contributed by atoms with Gasteiger partial charge >= 0.3 is 0 Å². The lowest BCUT2D eigenvalue weighted by Gasteiger charge is -2.29. The summed E-state index contributed by atoms with van der Waals surface area (Å²) in [7, 11) is 0. The van der Waals surface area contributed by atoms with Crippen molar-refractivity contribution in [3.05, 3.63) is 34.6 Å². The van der Waals surface area contributed by atoms with E-state index in [-0.39, 0.29) is 23.3 Å². The van der Waals surface area contributed by atoms with E-state index in [2.05, 4.69) is 22.2 Å². The Kier molecular flexibility index (Phi) is 5.00. The number of hydrogen-bond acceptors (Lipinski definition) is 4. The molecule has 122 valence electrons. The number of hydrogen-bond donors (Lipinski definition) is 2. The molecule has 1 saturated carbocycles. The molecule has 23 heavy (non-hydrogen) atoms. The zero-order chi connectivity index (χ0) is 16.2. The van der Waals surface area contributed by atoms with Crippen LogP contribution in [-0.4, -0.2) is 27.7 Å². The number of para-hydroxylation sites is 1. The molecular weight excluding hydrogens is 310 g/mol. The maximum absolute atomic E-state index is 12.1. The van der Waals surface area contributed by atoms with Crippen molar-refractivity contribution in [3.63, 3.8) is 0 Å². The molecule has 5 nitrogen and oxygen atoms in total. The van der Waals surface area contributed by atoms with Crippen LogP contribution in [0.4, 0.5) is 0 Å². The normalized spacial score (nSPS) is 21.3. The number of amides is 1. The minimum absolute atomic E-state index is 0.00422. The minimum atomic E-state index is -0.167. The molecule has 1 heterocycles. The van der Waals surface area contributed by atoms with Gasteiger partial charge in [0.25, 0.3) is 5.56 Å². The van der Waals surface area contributed by atoms with Crippen LogP contribution in [0.2, 0.25) is 0 Å².